The lowest BCUT2D eigenvalue weighted by molar-refractivity contribution is 0.0634. The third-order valence-electron chi connectivity index (χ3n) is 3.98. The number of carbonyl (C=O) groups is 1. The quantitative estimate of drug-likeness (QED) is 0.895. The summed E-state index contributed by atoms with van der Waals surface area (Å²) in [5, 5.41) is 12.4. The molecule has 2 aliphatic rings. The number of nitrogens with one attached hydrogen (secondary N) is 1. The Morgan fingerprint density at radius 2 is 2.28 bits per heavy atom. The van der Waals surface area contributed by atoms with Crippen LogP contribution in [0.25, 0.3) is 0 Å². The molecular weight excluding hydrogens is 296 g/mol. The number of halogens is 1. The standard InChI is InChI=1S/C13H17BrN2O2/c14-9-6-11(16(7-9)10-2-3-10)12(18)15-13(8-17)4-1-5-13/h6-7,10,17H,1-5,8H2,(H,15,18). The minimum absolute atomic E-state index is 0.0318. The Morgan fingerprint density at radius 1 is 1.56 bits per heavy atom. The molecule has 0 radical (unpaired) electrons. The smallest absolute Gasteiger partial charge is 0.268 e. The number of carbonyl (C=O) groups excluding carboxylic acids is 1. The lowest BCUT2D eigenvalue weighted by atomic mass is 9.77. The number of hydrogen-bond acceptors (Lipinski definition) is 2. The van der Waals surface area contributed by atoms with Gasteiger partial charge in [0.1, 0.15) is 5.69 Å². The van der Waals surface area contributed by atoms with E-state index in [1.807, 2.05) is 16.8 Å². The Bertz CT molecular complexity index is 470. The second kappa shape index (κ2) is 4.38. The van der Waals surface area contributed by atoms with E-state index < -0.39 is 0 Å². The topological polar surface area (TPSA) is 54.3 Å². The molecule has 3 rings (SSSR count). The highest BCUT2D eigenvalue weighted by Crippen LogP contribution is 2.38. The van der Waals surface area contributed by atoms with Gasteiger partial charge in [-0.15, -0.1) is 0 Å². The minimum atomic E-state index is -0.373. The normalized spacial score (nSPS) is 21.4. The number of aliphatic hydroxyl groups is 1. The maximum absolute atomic E-state index is 12.3. The average Bonchev–Trinajstić information content (AvgIpc) is 3.07. The molecule has 5 heteroatoms. The van der Waals surface area contributed by atoms with Crippen LogP contribution in [0.15, 0.2) is 16.7 Å². The second-order valence-electron chi connectivity index (χ2n) is 5.43. The van der Waals surface area contributed by atoms with Crippen LogP contribution in [0.3, 0.4) is 0 Å². The first-order chi connectivity index (χ1) is 8.63. The van der Waals surface area contributed by atoms with Crippen molar-refractivity contribution >= 4 is 21.8 Å². The van der Waals surface area contributed by atoms with E-state index in [1.54, 1.807) is 0 Å². The Balaban J connectivity index is 1.79. The van der Waals surface area contributed by atoms with E-state index in [2.05, 4.69) is 21.2 Å². The van der Waals surface area contributed by atoms with E-state index in [0.717, 1.165) is 36.6 Å². The molecule has 1 heterocycles. The van der Waals surface area contributed by atoms with Gasteiger partial charge in [-0.05, 0) is 54.1 Å². The molecule has 2 N–H and O–H groups in total. The van der Waals surface area contributed by atoms with Gasteiger partial charge in [0.05, 0.1) is 12.1 Å². The van der Waals surface area contributed by atoms with Gasteiger partial charge in [-0.3, -0.25) is 4.79 Å². The highest BCUT2D eigenvalue weighted by atomic mass is 79.9. The molecular formula is C13H17BrN2O2. The number of nitrogens with zero attached hydrogens (tertiary/aromatic N) is 1. The van der Waals surface area contributed by atoms with Gasteiger partial charge in [-0.1, -0.05) is 0 Å². The van der Waals surface area contributed by atoms with E-state index in [1.165, 1.54) is 0 Å². The Hall–Kier alpha value is -0.810. The van der Waals surface area contributed by atoms with Crippen molar-refractivity contribution in [1.29, 1.82) is 0 Å². The highest BCUT2D eigenvalue weighted by molar-refractivity contribution is 9.10. The molecule has 1 aromatic rings. The third-order valence-corrected chi connectivity index (χ3v) is 4.41. The van der Waals surface area contributed by atoms with Gasteiger partial charge in [0.15, 0.2) is 0 Å². The fourth-order valence-electron chi connectivity index (χ4n) is 2.51. The Morgan fingerprint density at radius 3 is 2.78 bits per heavy atom. The molecule has 18 heavy (non-hydrogen) atoms. The number of amides is 1. The van der Waals surface area contributed by atoms with Crippen LogP contribution in [-0.2, 0) is 0 Å². The molecule has 4 nitrogen and oxygen atoms in total. The summed E-state index contributed by atoms with van der Waals surface area (Å²) in [4.78, 5) is 12.3. The van der Waals surface area contributed by atoms with Crippen LogP contribution in [0.5, 0.6) is 0 Å². The lowest BCUT2D eigenvalue weighted by Gasteiger charge is -2.40. The molecule has 0 unspecified atom stereocenters. The first-order valence-electron chi connectivity index (χ1n) is 6.44. The molecule has 2 fully saturated rings. The third kappa shape index (κ3) is 2.10. The zero-order valence-electron chi connectivity index (χ0n) is 10.2. The van der Waals surface area contributed by atoms with Crippen molar-refractivity contribution in [3.05, 3.63) is 22.4 Å². The summed E-state index contributed by atoms with van der Waals surface area (Å²) in [6.07, 6.45) is 7.09. The van der Waals surface area contributed by atoms with Gasteiger partial charge in [0.25, 0.3) is 5.91 Å². The zero-order chi connectivity index (χ0) is 12.8. The molecule has 0 saturated heterocycles. The molecule has 98 valence electrons. The predicted molar refractivity (Wildman–Crippen MR) is 71.5 cm³/mol. The van der Waals surface area contributed by atoms with Crippen molar-refractivity contribution in [2.75, 3.05) is 6.61 Å². The van der Waals surface area contributed by atoms with E-state index >= 15 is 0 Å². The van der Waals surface area contributed by atoms with Crippen molar-refractivity contribution in [2.45, 2.75) is 43.7 Å². The molecule has 1 aromatic heterocycles. The monoisotopic (exact) mass is 312 g/mol. The van der Waals surface area contributed by atoms with Gasteiger partial charge in [-0.25, -0.2) is 0 Å². The van der Waals surface area contributed by atoms with Gasteiger partial charge >= 0.3 is 0 Å². The number of aliphatic hydroxyl groups excluding tert-OH is 1. The number of hydrogen-bond donors (Lipinski definition) is 2. The van der Waals surface area contributed by atoms with Crippen molar-refractivity contribution in [2.24, 2.45) is 0 Å². The van der Waals surface area contributed by atoms with E-state index in [0.29, 0.717) is 11.7 Å². The first kappa shape index (κ1) is 12.2. The van der Waals surface area contributed by atoms with Crippen LogP contribution in [0.2, 0.25) is 0 Å². The molecule has 1 amide bonds. The molecule has 2 aliphatic carbocycles. The largest absolute Gasteiger partial charge is 0.394 e. The lowest BCUT2D eigenvalue weighted by Crippen LogP contribution is -2.56. The predicted octanol–water partition coefficient (Wildman–Crippen LogP) is 2.23. The fourth-order valence-corrected chi connectivity index (χ4v) is 2.95. The maximum Gasteiger partial charge on any atom is 0.268 e. The van der Waals surface area contributed by atoms with Gasteiger partial charge in [0, 0.05) is 16.7 Å². The van der Waals surface area contributed by atoms with Crippen LogP contribution in [-0.4, -0.2) is 27.7 Å². The summed E-state index contributed by atoms with van der Waals surface area (Å²) in [7, 11) is 0. The SMILES string of the molecule is O=C(NC1(CO)CCC1)c1cc(Br)cn1C1CC1. The Kier molecular flexibility index (Phi) is 2.98. The number of aromatic nitrogens is 1. The first-order valence-corrected chi connectivity index (χ1v) is 7.24. The minimum Gasteiger partial charge on any atom is -0.394 e. The van der Waals surface area contributed by atoms with Gasteiger partial charge in [-0.2, -0.15) is 0 Å². The van der Waals surface area contributed by atoms with E-state index in [-0.39, 0.29) is 18.1 Å². The summed E-state index contributed by atoms with van der Waals surface area (Å²) < 4.78 is 2.98. The summed E-state index contributed by atoms with van der Waals surface area (Å²) in [5.41, 5.74) is 0.325. The van der Waals surface area contributed by atoms with Crippen molar-refractivity contribution in [3.63, 3.8) is 0 Å². The van der Waals surface area contributed by atoms with Crippen LogP contribution in [0.1, 0.15) is 48.6 Å². The fraction of sp³-hybridized carbons (Fsp3) is 0.615. The van der Waals surface area contributed by atoms with E-state index in [9.17, 15) is 9.90 Å². The van der Waals surface area contributed by atoms with Crippen LogP contribution < -0.4 is 5.32 Å². The molecule has 0 atom stereocenters. The maximum atomic E-state index is 12.3. The van der Waals surface area contributed by atoms with Gasteiger partial charge < -0.3 is 15.0 Å². The Labute approximate surface area is 114 Å². The van der Waals surface area contributed by atoms with Crippen molar-refractivity contribution < 1.29 is 9.90 Å². The second-order valence-corrected chi connectivity index (χ2v) is 6.34. The molecule has 0 spiro atoms. The summed E-state index contributed by atoms with van der Waals surface area (Å²) in [6.45, 7) is 0.0318. The molecule has 0 aliphatic heterocycles. The number of rotatable bonds is 4. The zero-order valence-corrected chi connectivity index (χ0v) is 11.7. The molecule has 0 aromatic carbocycles. The van der Waals surface area contributed by atoms with E-state index in [4.69, 9.17) is 0 Å². The summed E-state index contributed by atoms with van der Waals surface area (Å²) in [5.74, 6) is -0.0682. The highest BCUT2D eigenvalue weighted by Gasteiger charge is 2.39. The van der Waals surface area contributed by atoms with Crippen LogP contribution >= 0.6 is 15.9 Å². The van der Waals surface area contributed by atoms with Crippen LogP contribution in [0, 0.1) is 0 Å². The summed E-state index contributed by atoms with van der Waals surface area (Å²) in [6, 6.07) is 2.33. The van der Waals surface area contributed by atoms with Gasteiger partial charge in [0.2, 0.25) is 0 Å². The average molecular weight is 313 g/mol. The molecule has 2 saturated carbocycles. The van der Waals surface area contributed by atoms with Crippen molar-refractivity contribution in [1.82, 2.24) is 9.88 Å². The summed E-state index contributed by atoms with van der Waals surface area (Å²) >= 11 is 3.42. The molecule has 0 bridgehead atoms. The van der Waals surface area contributed by atoms with Crippen LogP contribution in [0.4, 0.5) is 0 Å². The van der Waals surface area contributed by atoms with Crippen molar-refractivity contribution in [3.8, 4) is 0 Å².